The molecule has 0 saturated carbocycles. The summed E-state index contributed by atoms with van der Waals surface area (Å²) in [5.74, 6) is -1.01. The lowest BCUT2D eigenvalue weighted by atomic mass is 9.87. The van der Waals surface area contributed by atoms with E-state index >= 15 is 0 Å². The van der Waals surface area contributed by atoms with E-state index in [1.807, 2.05) is 38.1 Å². The van der Waals surface area contributed by atoms with Gasteiger partial charge in [-0.05, 0) is 44.2 Å². The fourth-order valence-electron chi connectivity index (χ4n) is 4.19. The van der Waals surface area contributed by atoms with Crippen LogP contribution in [-0.4, -0.2) is 30.7 Å². The van der Waals surface area contributed by atoms with Crippen LogP contribution >= 0.6 is 0 Å². The summed E-state index contributed by atoms with van der Waals surface area (Å²) >= 11 is 0. The summed E-state index contributed by atoms with van der Waals surface area (Å²) in [6.45, 7) is 3.67. The smallest absolute Gasteiger partial charge is 0.320 e. The van der Waals surface area contributed by atoms with Gasteiger partial charge < -0.3 is 25.6 Å². The number of benzene rings is 3. The van der Waals surface area contributed by atoms with Crippen molar-refractivity contribution in [3.05, 3.63) is 89.5 Å². The molecule has 0 fully saturated rings. The normalized spacial score (nSPS) is 16.4. The Kier molecular flexibility index (Phi) is 6.64. The van der Waals surface area contributed by atoms with Crippen molar-refractivity contribution >= 4 is 41.2 Å². The number of rotatable bonds is 7. The predicted octanol–water partition coefficient (Wildman–Crippen LogP) is 3.89. The van der Waals surface area contributed by atoms with Crippen LogP contribution < -0.4 is 20.9 Å². The summed E-state index contributed by atoms with van der Waals surface area (Å²) in [5, 5.41) is 8.28. The van der Waals surface area contributed by atoms with Crippen molar-refractivity contribution in [2.45, 2.75) is 25.8 Å². The molecule has 0 bridgehead atoms. The van der Waals surface area contributed by atoms with Gasteiger partial charge in [0.2, 0.25) is 5.91 Å². The van der Waals surface area contributed by atoms with Crippen molar-refractivity contribution in [3.8, 4) is 0 Å². The van der Waals surface area contributed by atoms with E-state index in [9.17, 15) is 19.2 Å². The fourth-order valence-corrected chi connectivity index (χ4v) is 4.19. The third kappa shape index (κ3) is 4.91. The van der Waals surface area contributed by atoms with Crippen LogP contribution in [0.15, 0.2) is 72.8 Å². The molecule has 4 amide bonds. The van der Waals surface area contributed by atoms with Gasteiger partial charge >= 0.3 is 6.03 Å². The minimum atomic E-state index is -1.69. The molecule has 0 aromatic heterocycles. The molecule has 3 aromatic rings. The van der Waals surface area contributed by atoms with Crippen LogP contribution in [0.1, 0.15) is 23.1 Å². The van der Waals surface area contributed by atoms with Crippen LogP contribution in [0.2, 0.25) is 0 Å². The predicted molar refractivity (Wildman–Crippen MR) is 134 cm³/mol. The topological polar surface area (TPSA) is 108 Å². The minimum Gasteiger partial charge on any atom is -0.326 e. The SMILES string of the molecule is Cc1ccc(NC(=O)C[C@@]2(NC(=O)Nc3ccc(C)cc3)C(=O)N(CC=O)c3ccccc32)cc1. The zero-order valence-corrected chi connectivity index (χ0v) is 19.5. The number of anilines is 3. The van der Waals surface area contributed by atoms with E-state index in [2.05, 4.69) is 16.0 Å². The van der Waals surface area contributed by atoms with Crippen LogP contribution in [0.5, 0.6) is 0 Å². The third-order valence-corrected chi connectivity index (χ3v) is 5.92. The van der Waals surface area contributed by atoms with Crippen LogP contribution in [0, 0.1) is 13.8 Å². The molecule has 0 unspecified atom stereocenters. The molecule has 1 heterocycles. The van der Waals surface area contributed by atoms with Crippen molar-refractivity contribution in [1.82, 2.24) is 5.32 Å². The number of carbonyl (C=O) groups is 4. The van der Waals surface area contributed by atoms with Crippen molar-refractivity contribution in [2.24, 2.45) is 0 Å². The molecule has 0 spiro atoms. The van der Waals surface area contributed by atoms with Crippen molar-refractivity contribution in [2.75, 3.05) is 22.1 Å². The Bertz CT molecular complexity index is 1210. The van der Waals surface area contributed by atoms with Gasteiger partial charge in [-0.3, -0.25) is 9.59 Å². The number of amides is 4. The first-order chi connectivity index (χ1) is 16.8. The summed E-state index contributed by atoms with van der Waals surface area (Å²) in [6, 6.07) is 20.6. The molecule has 0 radical (unpaired) electrons. The van der Waals surface area contributed by atoms with Crippen LogP contribution in [-0.2, 0) is 19.9 Å². The Morgan fingerprint density at radius 3 is 2.03 bits per heavy atom. The van der Waals surface area contributed by atoms with Crippen LogP contribution in [0.25, 0.3) is 0 Å². The Morgan fingerprint density at radius 1 is 0.857 bits per heavy atom. The Balaban J connectivity index is 1.67. The molecule has 8 heteroatoms. The maximum Gasteiger partial charge on any atom is 0.320 e. The van der Waals surface area contributed by atoms with Gasteiger partial charge in [-0.2, -0.15) is 0 Å². The largest absolute Gasteiger partial charge is 0.326 e. The van der Waals surface area contributed by atoms with Gasteiger partial charge in [-0.15, -0.1) is 0 Å². The lowest BCUT2D eigenvalue weighted by molar-refractivity contribution is -0.128. The van der Waals surface area contributed by atoms with Crippen LogP contribution in [0.3, 0.4) is 0 Å². The lowest BCUT2D eigenvalue weighted by Crippen LogP contribution is -2.56. The second kappa shape index (κ2) is 9.80. The summed E-state index contributed by atoms with van der Waals surface area (Å²) in [7, 11) is 0. The van der Waals surface area contributed by atoms with Crippen molar-refractivity contribution in [1.29, 1.82) is 0 Å². The second-order valence-corrected chi connectivity index (χ2v) is 8.54. The van der Waals surface area contributed by atoms with E-state index in [4.69, 9.17) is 0 Å². The van der Waals surface area contributed by atoms with E-state index in [-0.39, 0.29) is 13.0 Å². The second-order valence-electron chi connectivity index (χ2n) is 8.54. The number of hydrogen-bond acceptors (Lipinski definition) is 4. The van der Waals surface area contributed by atoms with Gasteiger partial charge in [-0.25, -0.2) is 4.79 Å². The van der Waals surface area contributed by atoms with Gasteiger partial charge in [0, 0.05) is 16.9 Å². The number of urea groups is 1. The fraction of sp³-hybridized carbons (Fsp3) is 0.185. The first-order valence-corrected chi connectivity index (χ1v) is 11.2. The summed E-state index contributed by atoms with van der Waals surface area (Å²) < 4.78 is 0. The van der Waals surface area contributed by atoms with Crippen molar-refractivity contribution in [3.63, 3.8) is 0 Å². The molecular weight excluding hydrogens is 444 g/mol. The summed E-state index contributed by atoms with van der Waals surface area (Å²) in [4.78, 5) is 52.5. The number of aldehydes is 1. The number of hydrogen-bond donors (Lipinski definition) is 3. The molecule has 0 saturated heterocycles. The van der Waals surface area contributed by atoms with Gasteiger partial charge in [0.1, 0.15) is 6.29 Å². The molecule has 8 nitrogen and oxygen atoms in total. The molecule has 0 aliphatic carbocycles. The zero-order valence-electron chi connectivity index (χ0n) is 19.5. The third-order valence-electron chi connectivity index (χ3n) is 5.92. The van der Waals surface area contributed by atoms with E-state index in [1.54, 1.807) is 48.5 Å². The highest BCUT2D eigenvalue weighted by molar-refractivity contribution is 6.13. The maximum absolute atomic E-state index is 13.7. The number of fused-ring (bicyclic) bond motifs is 1. The number of nitrogens with zero attached hydrogens (tertiary/aromatic N) is 1. The summed E-state index contributed by atoms with van der Waals surface area (Å²) in [5.41, 5.74) is 2.42. The minimum absolute atomic E-state index is 0.196. The quantitative estimate of drug-likeness (QED) is 0.455. The monoisotopic (exact) mass is 470 g/mol. The van der Waals surface area contributed by atoms with Gasteiger partial charge in [0.15, 0.2) is 5.54 Å². The van der Waals surface area contributed by atoms with Crippen LogP contribution in [0.4, 0.5) is 21.9 Å². The Labute approximate surface area is 203 Å². The molecule has 3 N–H and O–H groups in total. The molecule has 35 heavy (non-hydrogen) atoms. The van der Waals surface area contributed by atoms with Gasteiger partial charge in [0.05, 0.1) is 18.7 Å². The standard InChI is InChI=1S/C27H26N4O4/c1-18-7-11-20(12-8-18)28-24(33)17-27(30-26(35)29-21-13-9-19(2)10-14-21)22-5-3-4-6-23(22)31(15-16-32)25(27)34/h3-14,16H,15,17H2,1-2H3,(H,28,33)(H2,29,30,35)/t27-/m0/s1. The van der Waals surface area contributed by atoms with E-state index in [0.717, 1.165) is 11.1 Å². The Morgan fingerprint density at radius 2 is 1.43 bits per heavy atom. The average molecular weight is 471 g/mol. The molecule has 178 valence electrons. The Hall–Kier alpha value is -4.46. The highest BCUT2D eigenvalue weighted by atomic mass is 16.2. The first-order valence-electron chi connectivity index (χ1n) is 11.2. The highest BCUT2D eigenvalue weighted by Crippen LogP contribution is 2.42. The number of para-hydroxylation sites is 1. The number of aryl methyl sites for hydroxylation is 2. The maximum atomic E-state index is 13.7. The zero-order chi connectivity index (χ0) is 25.0. The molecule has 4 rings (SSSR count). The van der Waals surface area contributed by atoms with E-state index in [0.29, 0.717) is 28.9 Å². The molecular formula is C27H26N4O4. The first kappa shape index (κ1) is 23.7. The number of carbonyl (C=O) groups excluding carboxylic acids is 4. The average Bonchev–Trinajstić information content (AvgIpc) is 3.05. The van der Waals surface area contributed by atoms with Gasteiger partial charge in [0.25, 0.3) is 5.91 Å². The van der Waals surface area contributed by atoms with E-state index in [1.165, 1.54) is 4.90 Å². The molecule has 1 aliphatic rings. The summed E-state index contributed by atoms with van der Waals surface area (Å²) in [6.07, 6.45) is 0.261. The molecule has 1 atom stereocenters. The highest BCUT2D eigenvalue weighted by Gasteiger charge is 2.53. The molecule has 1 aliphatic heterocycles. The lowest BCUT2D eigenvalue weighted by Gasteiger charge is -2.29. The van der Waals surface area contributed by atoms with Crippen molar-refractivity contribution < 1.29 is 19.2 Å². The van der Waals surface area contributed by atoms with E-state index < -0.39 is 23.4 Å². The molecule has 3 aromatic carbocycles. The number of nitrogens with one attached hydrogen (secondary N) is 3. The van der Waals surface area contributed by atoms with Gasteiger partial charge in [-0.1, -0.05) is 53.6 Å².